The summed E-state index contributed by atoms with van der Waals surface area (Å²) in [5.41, 5.74) is -0.165. The molecule has 0 aromatic heterocycles. The van der Waals surface area contributed by atoms with Crippen LogP contribution in [0.2, 0.25) is 0 Å². The Bertz CT molecular complexity index is 409. The number of carbonyl (C=O) groups excluding carboxylic acids is 1. The third kappa shape index (κ3) is 3.94. The Morgan fingerprint density at radius 1 is 1.22 bits per heavy atom. The second kappa shape index (κ2) is 6.87. The van der Waals surface area contributed by atoms with Gasteiger partial charge in [0.1, 0.15) is 11.6 Å². The van der Waals surface area contributed by atoms with Crippen LogP contribution in [0.1, 0.15) is 0 Å². The Morgan fingerprint density at radius 3 is 2.33 bits per heavy atom. The lowest BCUT2D eigenvalue weighted by molar-refractivity contribution is 0.167. The Kier molecular flexibility index (Phi) is 5.47. The zero-order valence-corrected chi connectivity index (χ0v) is 9.57. The highest BCUT2D eigenvalue weighted by Crippen LogP contribution is 2.15. The molecular formula is C11H14F2N2O3. The lowest BCUT2D eigenvalue weighted by atomic mass is 10.3. The van der Waals surface area contributed by atoms with E-state index in [1.165, 1.54) is 0 Å². The third-order valence-corrected chi connectivity index (χ3v) is 2.20. The molecule has 3 N–H and O–H groups in total. The van der Waals surface area contributed by atoms with Crippen molar-refractivity contribution in [2.24, 2.45) is 0 Å². The zero-order valence-electron chi connectivity index (χ0n) is 9.57. The molecule has 0 aliphatic rings. The van der Waals surface area contributed by atoms with Crippen LogP contribution in [0.5, 0.6) is 0 Å². The molecular weight excluding hydrogens is 246 g/mol. The van der Waals surface area contributed by atoms with Crippen molar-refractivity contribution in [1.82, 2.24) is 4.90 Å². The summed E-state index contributed by atoms with van der Waals surface area (Å²) in [7, 11) is 0. The first-order chi connectivity index (χ1) is 8.58. The summed E-state index contributed by atoms with van der Waals surface area (Å²) in [5, 5.41) is 19.7. The van der Waals surface area contributed by atoms with Gasteiger partial charge >= 0.3 is 6.03 Å². The molecule has 0 radical (unpaired) electrons. The fourth-order valence-corrected chi connectivity index (χ4v) is 1.34. The van der Waals surface area contributed by atoms with E-state index in [4.69, 9.17) is 10.2 Å². The number of carbonyl (C=O) groups is 1. The first kappa shape index (κ1) is 14.3. The molecule has 0 atom stereocenters. The Hall–Kier alpha value is -1.73. The van der Waals surface area contributed by atoms with Gasteiger partial charge in [0.05, 0.1) is 18.9 Å². The molecule has 0 unspecified atom stereocenters. The summed E-state index contributed by atoms with van der Waals surface area (Å²) < 4.78 is 25.9. The molecule has 5 nitrogen and oxygen atoms in total. The molecule has 7 heteroatoms. The van der Waals surface area contributed by atoms with E-state index in [0.717, 1.165) is 17.0 Å². The largest absolute Gasteiger partial charge is 0.395 e. The van der Waals surface area contributed by atoms with E-state index in [1.54, 1.807) is 0 Å². The summed E-state index contributed by atoms with van der Waals surface area (Å²) in [5.74, 6) is -1.63. The molecule has 1 aromatic carbocycles. The molecule has 0 saturated carbocycles. The number of benzene rings is 1. The number of rotatable bonds is 5. The van der Waals surface area contributed by atoms with Crippen LogP contribution >= 0.6 is 0 Å². The number of halogens is 2. The molecule has 2 amide bonds. The predicted octanol–water partition coefficient (Wildman–Crippen LogP) is 0.783. The van der Waals surface area contributed by atoms with Crippen molar-refractivity contribution in [1.29, 1.82) is 0 Å². The second-order valence-electron chi connectivity index (χ2n) is 3.49. The smallest absolute Gasteiger partial charge is 0.322 e. The number of aliphatic hydroxyl groups excluding tert-OH is 2. The number of hydrogen-bond acceptors (Lipinski definition) is 3. The minimum Gasteiger partial charge on any atom is -0.395 e. The van der Waals surface area contributed by atoms with Crippen molar-refractivity contribution < 1.29 is 23.8 Å². The number of nitrogens with one attached hydrogen (secondary N) is 1. The molecule has 0 bridgehead atoms. The van der Waals surface area contributed by atoms with Crippen LogP contribution in [0.25, 0.3) is 0 Å². The number of nitrogens with zero attached hydrogens (tertiary/aromatic N) is 1. The first-order valence-electron chi connectivity index (χ1n) is 5.31. The van der Waals surface area contributed by atoms with Gasteiger partial charge < -0.3 is 20.4 Å². The standard InChI is InChI=1S/C11H14F2N2O3/c12-8-1-2-10(9(13)7-8)14-11(18)15(3-5-16)4-6-17/h1-2,7,16-17H,3-6H2,(H,14,18). The number of amides is 2. The number of urea groups is 1. The molecule has 1 aromatic rings. The maximum absolute atomic E-state index is 13.3. The maximum atomic E-state index is 13.3. The fraction of sp³-hybridized carbons (Fsp3) is 0.364. The first-order valence-corrected chi connectivity index (χ1v) is 5.31. The van der Waals surface area contributed by atoms with Gasteiger partial charge in [0.25, 0.3) is 0 Å². The molecule has 1 rings (SSSR count). The fourth-order valence-electron chi connectivity index (χ4n) is 1.34. The van der Waals surface area contributed by atoms with Gasteiger partial charge in [0.2, 0.25) is 0 Å². The van der Waals surface area contributed by atoms with Crippen molar-refractivity contribution in [3.05, 3.63) is 29.8 Å². The van der Waals surface area contributed by atoms with Crippen molar-refractivity contribution in [3.63, 3.8) is 0 Å². The van der Waals surface area contributed by atoms with Gasteiger partial charge in [-0.2, -0.15) is 0 Å². The average Bonchev–Trinajstić information content (AvgIpc) is 2.32. The minimum absolute atomic E-state index is 0.00913. The summed E-state index contributed by atoms with van der Waals surface area (Å²) >= 11 is 0. The lowest BCUT2D eigenvalue weighted by Crippen LogP contribution is -2.39. The van der Waals surface area contributed by atoms with Gasteiger partial charge in [0, 0.05) is 19.2 Å². The summed E-state index contributed by atoms with van der Waals surface area (Å²) in [6, 6.07) is 2.08. The quantitative estimate of drug-likeness (QED) is 0.732. The third-order valence-electron chi connectivity index (χ3n) is 2.20. The Morgan fingerprint density at radius 2 is 1.83 bits per heavy atom. The number of hydrogen-bond donors (Lipinski definition) is 3. The van der Waals surface area contributed by atoms with E-state index in [2.05, 4.69) is 5.32 Å². The van der Waals surface area contributed by atoms with Crippen molar-refractivity contribution >= 4 is 11.7 Å². The van der Waals surface area contributed by atoms with E-state index < -0.39 is 17.7 Å². The topological polar surface area (TPSA) is 72.8 Å². The van der Waals surface area contributed by atoms with E-state index in [-0.39, 0.29) is 32.0 Å². The van der Waals surface area contributed by atoms with Gasteiger partial charge in [-0.25, -0.2) is 13.6 Å². The van der Waals surface area contributed by atoms with Crippen LogP contribution in [0.3, 0.4) is 0 Å². The van der Waals surface area contributed by atoms with Crippen LogP contribution in [-0.2, 0) is 0 Å². The molecule has 0 aliphatic carbocycles. The zero-order chi connectivity index (χ0) is 13.5. The van der Waals surface area contributed by atoms with Crippen LogP contribution in [0, 0.1) is 11.6 Å². The average molecular weight is 260 g/mol. The monoisotopic (exact) mass is 260 g/mol. The van der Waals surface area contributed by atoms with Crippen molar-refractivity contribution in [2.45, 2.75) is 0 Å². The highest BCUT2D eigenvalue weighted by molar-refractivity contribution is 5.89. The van der Waals surface area contributed by atoms with Gasteiger partial charge in [-0.15, -0.1) is 0 Å². The van der Waals surface area contributed by atoms with E-state index >= 15 is 0 Å². The van der Waals surface area contributed by atoms with Gasteiger partial charge in [-0.1, -0.05) is 0 Å². The maximum Gasteiger partial charge on any atom is 0.322 e. The normalized spacial score (nSPS) is 10.2. The van der Waals surface area contributed by atoms with Crippen molar-refractivity contribution in [2.75, 3.05) is 31.6 Å². The predicted molar refractivity (Wildman–Crippen MR) is 61.1 cm³/mol. The van der Waals surface area contributed by atoms with Crippen LogP contribution in [0.4, 0.5) is 19.3 Å². The summed E-state index contributed by atoms with van der Waals surface area (Å²) in [6.45, 7) is -0.539. The van der Waals surface area contributed by atoms with Gasteiger partial charge in [-0.3, -0.25) is 0 Å². The lowest BCUT2D eigenvalue weighted by Gasteiger charge is -2.21. The number of aliphatic hydroxyl groups is 2. The Labute approximate surface area is 103 Å². The second-order valence-corrected chi connectivity index (χ2v) is 3.49. The van der Waals surface area contributed by atoms with E-state index in [9.17, 15) is 13.6 Å². The minimum atomic E-state index is -0.892. The highest BCUT2D eigenvalue weighted by atomic mass is 19.1. The van der Waals surface area contributed by atoms with Gasteiger partial charge in [-0.05, 0) is 12.1 Å². The van der Waals surface area contributed by atoms with Crippen LogP contribution in [-0.4, -0.2) is 47.4 Å². The molecule has 0 spiro atoms. The molecule has 0 fully saturated rings. The highest BCUT2D eigenvalue weighted by Gasteiger charge is 2.14. The van der Waals surface area contributed by atoms with Crippen LogP contribution in [0.15, 0.2) is 18.2 Å². The van der Waals surface area contributed by atoms with Crippen molar-refractivity contribution in [3.8, 4) is 0 Å². The van der Waals surface area contributed by atoms with Gasteiger partial charge in [0.15, 0.2) is 0 Å². The Balaban J connectivity index is 2.72. The summed E-state index contributed by atoms with van der Waals surface area (Å²) in [4.78, 5) is 12.8. The van der Waals surface area contributed by atoms with E-state index in [1.807, 2.05) is 0 Å². The van der Waals surface area contributed by atoms with E-state index in [0.29, 0.717) is 6.07 Å². The summed E-state index contributed by atoms with van der Waals surface area (Å²) in [6.07, 6.45) is 0. The number of anilines is 1. The molecule has 18 heavy (non-hydrogen) atoms. The molecule has 100 valence electrons. The SMILES string of the molecule is O=C(Nc1ccc(F)cc1F)N(CCO)CCO. The molecule has 0 heterocycles. The molecule has 0 saturated heterocycles. The molecule has 0 aliphatic heterocycles. The van der Waals surface area contributed by atoms with Crippen LogP contribution < -0.4 is 5.32 Å².